The Labute approximate surface area is 128 Å². The Kier molecular flexibility index (Phi) is 3.94. The smallest absolute Gasteiger partial charge is 0.274 e. The summed E-state index contributed by atoms with van der Waals surface area (Å²) in [6.07, 6.45) is 1.91. The number of nitrogens with zero attached hydrogens (tertiary/aromatic N) is 3. The van der Waals surface area contributed by atoms with E-state index in [1.54, 1.807) is 29.3 Å². The maximum atomic E-state index is 13.2. The fourth-order valence-corrected chi connectivity index (χ4v) is 2.60. The second-order valence-corrected chi connectivity index (χ2v) is 5.71. The summed E-state index contributed by atoms with van der Waals surface area (Å²) in [6, 6.07) is 7.63. The van der Waals surface area contributed by atoms with Crippen LogP contribution < -0.4 is 0 Å². The van der Waals surface area contributed by atoms with Gasteiger partial charge in [0, 0.05) is 19.3 Å². The van der Waals surface area contributed by atoms with Crippen LogP contribution in [-0.2, 0) is 0 Å². The van der Waals surface area contributed by atoms with Crippen molar-refractivity contribution in [2.24, 2.45) is 5.92 Å². The fourth-order valence-electron chi connectivity index (χ4n) is 2.60. The molecule has 0 bridgehead atoms. The number of aromatic nitrogens is 2. The number of hydrogen-bond acceptors (Lipinski definition) is 3. The van der Waals surface area contributed by atoms with Crippen LogP contribution in [0, 0.1) is 11.7 Å². The third-order valence-corrected chi connectivity index (χ3v) is 4.09. The van der Waals surface area contributed by atoms with Gasteiger partial charge in [-0.15, -0.1) is 0 Å². The van der Waals surface area contributed by atoms with Gasteiger partial charge in [-0.3, -0.25) is 4.79 Å². The molecule has 0 spiro atoms. The van der Waals surface area contributed by atoms with E-state index in [1.165, 1.54) is 16.8 Å². The van der Waals surface area contributed by atoms with Crippen molar-refractivity contribution in [3.63, 3.8) is 0 Å². The van der Waals surface area contributed by atoms with Crippen molar-refractivity contribution in [2.75, 3.05) is 13.1 Å². The minimum Gasteiger partial charge on any atom is -0.391 e. The van der Waals surface area contributed by atoms with Gasteiger partial charge in [-0.2, -0.15) is 5.10 Å². The molecule has 2 heterocycles. The Bertz CT molecular complexity index is 686. The summed E-state index contributed by atoms with van der Waals surface area (Å²) in [6.45, 7) is 2.92. The predicted octanol–water partition coefficient (Wildman–Crippen LogP) is 1.85. The van der Waals surface area contributed by atoms with Gasteiger partial charge in [0.25, 0.3) is 5.91 Å². The number of carbonyl (C=O) groups excluding carboxylic acids is 1. The Morgan fingerprint density at radius 3 is 2.95 bits per heavy atom. The van der Waals surface area contributed by atoms with Crippen LogP contribution in [0.2, 0.25) is 0 Å². The molecular formula is C16H18FN3O2. The molecule has 0 radical (unpaired) electrons. The molecule has 6 heteroatoms. The van der Waals surface area contributed by atoms with E-state index in [0.29, 0.717) is 24.5 Å². The van der Waals surface area contributed by atoms with E-state index in [9.17, 15) is 14.3 Å². The van der Waals surface area contributed by atoms with Gasteiger partial charge in [0.15, 0.2) is 5.69 Å². The van der Waals surface area contributed by atoms with Crippen LogP contribution in [0.5, 0.6) is 0 Å². The molecule has 1 N–H and O–H groups in total. The van der Waals surface area contributed by atoms with Crippen molar-refractivity contribution in [2.45, 2.75) is 19.4 Å². The van der Waals surface area contributed by atoms with E-state index < -0.39 is 6.10 Å². The van der Waals surface area contributed by atoms with Crippen LogP contribution >= 0.6 is 0 Å². The first kappa shape index (κ1) is 14.7. The SMILES string of the molecule is CC1CCN(C(=O)c2ccn(-c3cccc(F)c3)n2)CC1O. The van der Waals surface area contributed by atoms with Crippen molar-refractivity contribution in [3.05, 3.63) is 48.0 Å². The van der Waals surface area contributed by atoms with Crippen LogP contribution in [-0.4, -0.2) is 44.9 Å². The zero-order valence-electron chi connectivity index (χ0n) is 12.3. The van der Waals surface area contributed by atoms with Crippen molar-refractivity contribution >= 4 is 5.91 Å². The maximum absolute atomic E-state index is 13.2. The molecule has 2 aromatic rings. The monoisotopic (exact) mass is 303 g/mol. The summed E-state index contributed by atoms with van der Waals surface area (Å²) in [5.74, 6) is -0.357. The third-order valence-electron chi connectivity index (χ3n) is 4.09. The summed E-state index contributed by atoms with van der Waals surface area (Å²) >= 11 is 0. The van der Waals surface area contributed by atoms with Crippen molar-refractivity contribution in [1.82, 2.24) is 14.7 Å². The lowest BCUT2D eigenvalue weighted by Crippen LogP contribution is -2.45. The highest BCUT2D eigenvalue weighted by Crippen LogP contribution is 2.19. The zero-order valence-corrected chi connectivity index (χ0v) is 12.3. The number of piperidine rings is 1. The second-order valence-electron chi connectivity index (χ2n) is 5.71. The number of rotatable bonds is 2. The van der Waals surface area contributed by atoms with E-state index in [2.05, 4.69) is 5.10 Å². The van der Waals surface area contributed by atoms with Crippen LogP contribution in [0.25, 0.3) is 5.69 Å². The molecule has 1 aliphatic heterocycles. The average Bonchev–Trinajstić information content (AvgIpc) is 2.99. The molecule has 1 saturated heterocycles. The summed E-state index contributed by atoms with van der Waals surface area (Å²) < 4.78 is 14.7. The van der Waals surface area contributed by atoms with Gasteiger partial charge < -0.3 is 10.0 Å². The number of likely N-dealkylation sites (tertiary alicyclic amines) is 1. The first-order chi connectivity index (χ1) is 10.5. The molecule has 0 saturated carbocycles. The van der Waals surface area contributed by atoms with Crippen molar-refractivity contribution in [1.29, 1.82) is 0 Å². The summed E-state index contributed by atoms with van der Waals surface area (Å²) in [5.41, 5.74) is 0.859. The predicted molar refractivity (Wildman–Crippen MR) is 79.2 cm³/mol. The highest BCUT2D eigenvalue weighted by atomic mass is 19.1. The number of amides is 1. The number of halogens is 1. The highest BCUT2D eigenvalue weighted by molar-refractivity contribution is 5.92. The van der Waals surface area contributed by atoms with Crippen LogP contribution in [0.4, 0.5) is 4.39 Å². The molecule has 1 aromatic carbocycles. The van der Waals surface area contributed by atoms with E-state index in [1.807, 2.05) is 6.92 Å². The number of hydrogen-bond donors (Lipinski definition) is 1. The van der Waals surface area contributed by atoms with Gasteiger partial charge in [0.05, 0.1) is 11.8 Å². The van der Waals surface area contributed by atoms with Gasteiger partial charge in [-0.05, 0) is 36.6 Å². The molecule has 2 unspecified atom stereocenters. The Morgan fingerprint density at radius 2 is 2.23 bits per heavy atom. The first-order valence-corrected chi connectivity index (χ1v) is 7.33. The van der Waals surface area contributed by atoms with Crippen molar-refractivity contribution in [3.8, 4) is 5.69 Å². The number of carbonyl (C=O) groups is 1. The molecule has 2 atom stereocenters. The number of β-amino-alcohol motifs (C(OH)–C–C–N with tert-alkyl or cyclic N) is 1. The second kappa shape index (κ2) is 5.88. The Balaban J connectivity index is 1.77. The molecule has 1 aliphatic rings. The molecular weight excluding hydrogens is 285 g/mol. The summed E-state index contributed by atoms with van der Waals surface area (Å²) in [4.78, 5) is 14.0. The molecule has 1 amide bonds. The Morgan fingerprint density at radius 1 is 1.41 bits per heavy atom. The third kappa shape index (κ3) is 2.87. The maximum Gasteiger partial charge on any atom is 0.274 e. The average molecular weight is 303 g/mol. The lowest BCUT2D eigenvalue weighted by molar-refractivity contribution is 0.0245. The topological polar surface area (TPSA) is 58.4 Å². The van der Waals surface area contributed by atoms with Crippen LogP contribution in [0.1, 0.15) is 23.8 Å². The van der Waals surface area contributed by atoms with E-state index in [4.69, 9.17) is 0 Å². The first-order valence-electron chi connectivity index (χ1n) is 7.33. The highest BCUT2D eigenvalue weighted by Gasteiger charge is 2.28. The summed E-state index contributed by atoms with van der Waals surface area (Å²) in [7, 11) is 0. The van der Waals surface area contributed by atoms with Gasteiger partial charge in [-0.1, -0.05) is 13.0 Å². The molecule has 0 aliphatic carbocycles. The minimum atomic E-state index is -0.497. The molecule has 1 fully saturated rings. The minimum absolute atomic E-state index is 0.203. The lowest BCUT2D eigenvalue weighted by Gasteiger charge is -2.33. The normalized spacial score (nSPS) is 21.9. The van der Waals surface area contributed by atoms with Gasteiger partial charge in [0.2, 0.25) is 0 Å². The van der Waals surface area contributed by atoms with E-state index in [-0.39, 0.29) is 17.6 Å². The quantitative estimate of drug-likeness (QED) is 0.921. The molecule has 116 valence electrons. The molecule has 1 aromatic heterocycles. The van der Waals surface area contributed by atoms with Gasteiger partial charge >= 0.3 is 0 Å². The summed E-state index contributed by atoms with van der Waals surface area (Å²) in [5, 5.41) is 14.1. The van der Waals surface area contributed by atoms with Crippen LogP contribution in [0.15, 0.2) is 36.5 Å². The molecule has 5 nitrogen and oxygen atoms in total. The number of aliphatic hydroxyl groups is 1. The van der Waals surface area contributed by atoms with E-state index in [0.717, 1.165) is 6.42 Å². The molecule has 3 rings (SSSR count). The van der Waals surface area contributed by atoms with Gasteiger partial charge in [0.1, 0.15) is 5.82 Å². The number of benzene rings is 1. The Hall–Kier alpha value is -2.21. The largest absolute Gasteiger partial charge is 0.391 e. The lowest BCUT2D eigenvalue weighted by atomic mass is 9.96. The standard InChI is InChI=1S/C16H18FN3O2/c1-11-5-7-19(10-15(11)21)16(22)14-6-8-20(18-14)13-4-2-3-12(17)9-13/h2-4,6,8-9,11,15,21H,5,7,10H2,1H3. The zero-order chi connectivity index (χ0) is 15.7. The van der Waals surface area contributed by atoms with Crippen molar-refractivity contribution < 1.29 is 14.3 Å². The molecule has 22 heavy (non-hydrogen) atoms. The van der Waals surface area contributed by atoms with Gasteiger partial charge in [-0.25, -0.2) is 9.07 Å². The fraction of sp³-hybridized carbons (Fsp3) is 0.375. The van der Waals surface area contributed by atoms with Crippen LogP contribution in [0.3, 0.4) is 0 Å². The number of aliphatic hydroxyl groups excluding tert-OH is 1. The van der Waals surface area contributed by atoms with E-state index >= 15 is 0 Å².